The molecule has 106 valence electrons. The summed E-state index contributed by atoms with van der Waals surface area (Å²) in [5, 5.41) is 17.9. The van der Waals surface area contributed by atoms with Gasteiger partial charge >= 0.3 is 0 Å². The number of nitrogens with two attached hydrogens (primary N) is 1. The van der Waals surface area contributed by atoms with Crippen molar-refractivity contribution in [2.24, 2.45) is 11.7 Å². The topological polar surface area (TPSA) is 86.8 Å². The van der Waals surface area contributed by atoms with E-state index in [1.165, 1.54) is 4.90 Å². The number of carbonyl (C=O) groups is 1. The Bertz CT molecular complexity index is 364. The second kappa shape index (κ2) is 8.63. The second-order valence-electron chi connectivity index (χ2n) is 4.39. The minimum absolute atomic E-state index is 0.116. The van der Waals surface area contributed by atoms with E-state index in [1.54, 1.807) is 0 Å². The van der Waals surface area contributed by atoms with Crippen molar-refractivity contribution < 1.29 is 15.0 Å². The summed E-state index contributed by atoms with van der Waals surface area (Å²) in [7, 11) is 0. The van der Waals surface area contributed by atoms with Gasteiger partial charge < -0.3 is 20.8 Å². The van der Waals surface area contributed by atoms with E-state index in [-0.39, 0.29) is 44.7 Å². The lowest BCUT2D eigenvalue weighted by molar-refractivity contribution is -0.136. The van der Waals surface area contributed by atoms with Gasteiger partial charge in [-0.1, -0.05) is 30.3 Å². The van der Waals surface area contributed by atoms with E-state index in [9.17, 15) is 4.79 Å². The van der Waals surface area contributed by atoms with Crippen molar-refractivity contribution >= 4 is 5.91 Å². The summed E-state index contributed by atoms with van der Waals surface area (Å²) in [6.45, 7) is 0.471. The first-order valence-corrected chi connectivity index (χ1v) is 6.47. The second-order valence-corrected chi connectivity index (χ2v) is 4.39. The number of aliphatic hydroxyl groups is 2. The fourth-order valence-corrected chi connectivity index (χ4v) is 2.00. The van der Waals surface area contributed by atoms with Crippen molar-refractivity contribution in [3.05, 3.63) is 35.9 Å². The molecule has 1 aromatic rings. The maximum atomic E-state index is 12.3. The van der Waals surface area contributed by atoms with Gasteiger partial charge in [0.2, 0.25) is 5.91 Å². The fourth-order valence-electron chi connectivity index (χ4n) is 2.00. The maximum Gasteiger partial charge on any atom is 0.227 e. The lowest BCUT2D eigenvalue weighted by Gasteiger charge is -2.25. The van der Waals surface area contributed by atoms with Crippen LogP contribution in [0.5, 0.6) is 0 Å². The minimum Gasteiger partial charge on any atom is -0.395 e. The predicted octanol–water partition coefficient (Wildman–Crippen LogP) is -0.383. The van der Waals surface area contributed by atoms with Crippen molar-refractivity contribution in [3.63, 3.8) is 0 Å². The highest BCUT2D eigenvalue weighted by Crippen LogP contribution is 2.11. The fraction of sp³-hybridized carbons (Fsp3) is 0.500. The summed E-state index contributed by atoms with van der Waals surface area (Å²) in [4.78, 5) is 13.7. The Morgan fingerprint density at radius 1 is 1.16 bits per heavy atom. The highest BCUT2D eigenvalue weighted by Gasteiger charge is 2.22. The van der Waals surface area contributed by atoms with Gasteiger partial charge in [-0.3, -0.25) is 4.79 Å². The van der Waals surface area contributed by atoms with Gasteiger partial charge in [0.05, 0.1) is 19.1 Å². The molecule has 1 rings (SSSR count). The van der Waals surface area contributed by atoms with Gasteiger partial charge in [-0.15, -0.1) is 0 Å². The third-order valence-electron chi connectivity index (χ3n) is 3.01. The number of benzene rings is 1. The standard InChI is InChI=1S/C14H22N2O3/c15-11-13(10-12-4-2-1-3-5-12)14(19)16(6-8-17)7-9-18/h1-5,13,17-18H,6-11,15H2. The van der Waals surface area contributed by atoms with Crippen LogP contribution in [0.4, 0.5) is 0 Å². The van der Waals surface area contributed by atoms with Crippen molar-refractivity contribution in [2.75, 3.05) is 32.8 Å². The molecule has 0 radical (unpaired) electrons. The molecule has 1 atom stereocenters. The maximum absolute atomic E-state index is 12.3. The van der Waals surface area contributed by atoms with E-state index in [0.717, 1.165) is 5.56 Å². The SMILES string of the molecule is NCC(Cc1ccccc1)C(=O)N(CCO)CCO. The Morgan fingerprint density at radius 2 is 1.74 bits per heavy atom. The van der Waals surface area contributed by atoms with Crippen LogP contribution in [0.25, 0.3) is 0 Å². The van der Waals surface area contributed by atoms with Gasteiger partial charge in [0.15, 0.2) is 0 Å². The molecular weight excluding hydrogens is 244 g/mol. The van der Waals surface area contributed by atoms with Gasteiger partial charge in [-0.05, 0) is 12.0 Å². The van der Waals surface area contributed by atoms with E-state index >= 15 is 0 Å². The van der Waals surface area contributed by atoms with Gasteiger partial charge in [-0.25, -0.2) is 0 Å². The zero-order chi connectivity index (χ0) is 14.1. The molecule has 0 saturated heterocycles. The molecule has 0 aliphatic carbocycles. The molecule has 0 heterocycles. The molecule has 0 aliphatic rings. The summed E-state index contributed by atoms with van der Waals surface area (Å²) in [5.41, 5.74) is 6.73. The van der Waals surface area contributed by atoms with Crippen LogP contribution >= 0.6 is 0 Å². The van der Waals surface area contributed by atoms with Crippen LogP contribution in [0, 0.1) is 5.92 Å². The molecule has 0 fully saturated rings. The average molecular weight is 266 g/mol. The Hall–Kier alpha value is -1.43. The van der Waals surface area contributed by atoms with E-state index in [2.05, 4.69) is 0 Å². The molecule has 4 N–H and O–H groups in total. The first-order chi connectivity index (χ1) is 9.22. The summed E-state index contributed by atoms with van der Waals surface area (Å²) < 4.78 is 0. The Labute approximate surface area is 113 Å². The lowest BCUT2D eigenvalue weighted by Crippen LogP contribution is -2.42. The van der Waals surface area contributed by atoms with Crippen LogP contribution in [0.1, 0.15) is 5.56 Å². The number of hydrogen-bond donors (Lipinski definition) is 3. The molecule has 0 saturated carbocycles. The van der Waals surface area contributed by atoms with E-state index in [1.807, 2.05) is 30.3 Å². The van der Waals surface area contributed by atoms with Crippen LogP contribution in [0.3, 0.4) is 0 Å². The first-order valence-electron chi connectivity index (χ1n) is 6.47. The van der Waals surface area contributed by atoms with Gasteiger partial charge in [0.25, 0.3) is 0 Å². The van der Waals surface area contributed by atoms with Crippen LogP contribution in [-0.2, 0) is 11.2 Å². The van der Waals surface area contributed by atoms with Gasteiger partial charge in [0, 0.05) is 19.6 Å². The Morgan fingerprint density at radius 3 is 2.21 bits per heavy atom. The number of nitrogens with zero attached hydrogens (tertiary/aromatic N) is 1. The molecule has 19 heavy (non-hydrogen) atoms. The number of hydrogen-bond acceptors (Lipinski definition) is 4. The Kier molecular flexibility index (Phi) is 7.10. The lowest BCUT2D eigenvalue weighted by atomic mass is 9.98. The van der Waals surface area contributed by atoms with E-state index in [4.69, 9.17) is 15.9 Å². The molecule has 5 nitrogen and oxygen atoms in total. The predicted molar refractivity (Wildman–Crippen MR) is 73.4 cm³/mol. The normalized spacial score (nSPS) is 12.2. The third kappa shape index (κ3) is 4.98. The molecular formula is C14H22N2O3. The van der Waals surface area contributed by atoms with Gasteiger partial charge in [-0.2, -0.15) is 0 Å². The van der Waals surface area contributed by atoms with E-state index < -0.39 is 0 Å². The smallest absolute Gasteiger partial charge is 0.227 e. The largest absolute Gasteiger partial charge is 0.395 e. The Balaban J connectivity index is 2.69. The zero-order valence-electron chi connectivity index (χ0n) is 11.0. The van der Waals surface area contributed by atoms with E-state index in [0.29, 0.717) is 6.42 Å². The summed E-state index contributed by atoms with van der Waals surface area (Å²) >= 11 is 0. The van der Waals surface area contributed by atoms with Crippen LogP contribution in [0.2, 0.25) is 0 Å². The average Bonchev–Trinajstić information content (AvgIpc) is 2.45. The number of amides is 1. The van der Waals surface area contributed by atoms with Crippen molar-refractivity contribution in [1.29, 1.82) is 0 Å². The van der Waals surface area contributed by atoms with Crippen LogP contribution in [0.15, 0.2) is 30.3 Å². The molecule has 1 amide bonds. The van der Waals surface area contributed by atoms with Crippen molar-refractivity contribution in [3.8, 4) is 0 Å². The summed E-state index contributed by atoms with van der Waals surface area (Å²) in [5.74, 6) is -0.435. The quantitative estimate of drug-likeness (QED) is 0.598. The molecule has 0 aromatic heterocycles. The number of aliphatic hydroxyl groups excluding tert-OH is 2. The highest BCUT2D eigenvalue weighted by molar-refractivity contribution is 5.79. The minimum atomic E-state index is -0.319. The highest BCUT2D eigenvalue weighted by atomic mass is 16.3. The summed E-state index contributed by atoms with van der Waals surface area (Å²) in [6.07, 6.45) is 0.573. The molecule has 0 bridgehead atoms. The monoisotopic (exact) mass is 266 g/mol. The first kappa shape index (κ1) is 15.6. The summed E-state index contributed by atoms with van der Waals surface area (Å²) in [6, 6.07) is 9.68. The van der Waals surface area contributed by atoms with Gasteiger partial charge in [0.1, 0.15) is 0 Å². The van der Waals surface area contributed by atoms with Crippen molar-refractivity contribution in [2.45, 2.75) is 6.42 Å². The van der Waals surface area contributed by atoms with Crippen LogP contribution < -0.4 is 5.73 Å². The van der Waals surface area contributed by atoms with Crippen LogP contribution in [-0.4, -0.2) is 53.9 Å². The number of carbonyl (C=O) groups excluding carboxylic acids is 1. The molecule has 1 aromatic carbocycles. The molecule has 1 unspecified atom stereocenters. The molecule has 0 spiro atoms. The zero-order valence-corrected chi connectivity index (χ0v) is 11.0. The third-order valence-corrected chi connectivity index (χ3v) is 3.01. The van der Waals surface area contributed by atoms with Crippen molar-refractivity contribution in [1.82, 2.24) is 4.90 Å². The number of rotatable bonds is 8. The molecule has 5 heteroatoms. The molecule has 0 aliphatic heterocycles.